The Morgan fingerprint density at radius 2 is 1.54 bits per heavy atom. The zero-order valence-electron chi connectivity index (χ0n) is 16.4. The minimum Gasteiger partial charge on any atom is -0.465 e. The molecule has 1 aromatic carbocycles. The second-order valence-corrected chi connectivity index (χ2v) is 8.81. The standard InChI is InChI=1S/C21H28O5/c1-20(2,3)18(23)25-12-11-15-13-9-7-8-10-14(13)16(22)17(15)26-19(24)21(4,5)6/h7-10,15,17H,11-12H2,1-6H3/t15-,17+/m1/s1. The third-order valence-electron chi connectivity index (χ3n) is 4.37. The summed E-state index contributed by atoms with van der Waals surface area (Å²) in [5.41, 5.74) is 0.141. The van der Waals surface area contributed by atoms with Crippen molar-refractivity contribution in [2.45, 2.75) is 60.0 Å². The first-order chi connectivity index (χ1) is 11.9. The first-order valence-corrected chi connectivity index (χ1v) is 8.94. The molecule has 1 aliphatic rings. The molecule has 0 amide bonds. The summed E-state index contributed by atoms with van der Waals surface area (Å²) in [6.07, 6.45) is -0.445. The fourth-order valence-electron chi connectivity index (χ4n) is 2.77. The van der Waals surface area contributed by atoms with Gasteiger partial charge in [-0.05, 0) is 53.5 Å². The number of fused-ring (bicyclic) bond motifs is 1. The van der Waals surface area contributed by atoms with E-state index in [0.29, 0.717) is 12.0 Å². The van der Waals surface area contributed by atoms with Crippen molar-refractivity contribution in [3.63, 3.8) is 0 Å². The lowest BCUT2D eigenvalue weighted by molar-refractivity contribution is -0.158. The zero-order chi connectivity index (χ0) is 19.7. The summed E-state index contributed by atoms with van der Waals surface area (Å²) in [6, 6.07) is 7.26. The van der Waals surface area contributed by atoms with Crippen LogP contribution in [0.1, 0.15) is 69.8 Å². The van der Waals surface area contributed by atoms with E-state index >= 15 is 0 Å². The van der Waals surface area contributed by atoms with Gasteiger partial charge >= 0.3 is 11.9 Å². The van der Waals surface area contributed by atoms with Gasteiger partial charge in [0.2, 0.25) is 5.78 Å². The summed E-state index contributed by atoms with van der Waals surface area (Å²) in [6.45, 7) is 10.8. The lowest BCUT2D eigenvalue weighted by Crippen LogP contribution is -2.34. The first-order valence-electron chi connectivity index (χ1n) is 8.94. The maximum atomic E-state index is 12.7. The maximum Gasteiger partial charge on any atom is 0.311 e. The van der Waals surface area contributed by atoms with Crippen LogP contribution in [0, 0.1) is 10.8 Å². The van der Waals surface area contributed by atoms with E-state index in [1.165, 1.54) is 0 Å². The molecule has 5 heteroatoms. The van der Waals surface area contributed by atoms with Crippen LogP contribution in [0.15, 0.2) is 24.3 Å². The van der Waals surface area contributed by atoms with E-state index in [-0.39, 0.29) is 24.3 Å². The number of carbonyl (C=O) groups is 3. The van der Waals surface area contributed by atoms with Crippen molar-refractivity contribution >= 4 is 17.7 Å². The van der Waals surface area contributed by atoms with E-state index in [9.17, 15) is 14.4 Å². The van der Waals surface area contributed by atoms with Gasteiger partial charge in [-0.3, -0.25) is 14.4 Å². The molecule has 2 rings (SSSR count). The molecule has 0 aliphatic heterocycles. The lowest BCUT2D eigenvalue weighted by Gasteiger charge is -2.24. The highest BCUT2D eigenvalue weighted by atomic mass is 16.6. The SMILES string of the molecule is CC(C)(C)C(=O)OCC[C@@H]1c2ccccc2C(=O)[C@H]1OC(=O)C(C)(C)C. The predicted octanol–water partition coefficient (Wildman–Crippen LogP) is 3.90. The minimum absolute atomic E-state index is 0.173. The Hall–Kier alpha value is -2.17. The highest BCUT2D eigenvalue weighted by Crippen LogP contribution is 2.38. The van der Waals surface area contributed by atoms with Crippen LogP contribution in [-0.2, 0) is 19.1 Å². The Kier molecular flexibility index (Phi) is 5.59. The van der Waals surface area contributed by atoms with E-state index in [0.717, 1.165) is 5.56 Å². The van der Waals surface area contributed by atoms with Crippen LogP contribution < -0.4 is 0 Å². The smallest absolute Gasteiger partial charge is 0.311 e. The van der Waals surface area contributed by atoms with Crippen molar-refractivity contribution in [2.75, 3.05) is 6.61 Å². The summed E-state index contributed by atoms with van der Waals surface area (Å²) < 4.78 is 10.9. The number of carbonyl (C=O) groups excluding carboxylic acids is 3. The fraction of sp³-hybridized carbons (Fsp3) is 0.571. The van der Waals surface area contributed by atoms with E-state index < -0.39 is 22.9 Å². The number of ketones is 1. The van der Waals surface area contributed by atoms with Crippen LogP contribution in [0.5, 0.6) is 0 Å². The van der Waals surface area contributed by atoms with Crippen molar-refractivity contribution in [1.82, 2.24) is 0 Å². The molecular formula is C21H28O5. The number of rotatable bonds is 4. The number of hydrogen-bond acceptors (Lipinski definition) is 5. The summed E-state index contributed by atoms with van der Waals surface area (Å²) in [5, 5.41) is 0. The molecule has 0 N–H and O–H groups in total. The van der Waals surface area contributed by atoms with E-state index in [1.807, 2.05) is 12.1 Å². The van der Waals surface area contributed by atoms with Crippen LogP contribution >= 0.6 is 0 Å². The average Bonchev–Trinajstić information content (AvgIpc) is 2.79. The molecule has 0 fully saturated rings. The minimum atomic E-state index is -0.868. The van der Waals surface area contributed by atoms with Crippen molar-refractivity contribution in [1.29, 1.82) is 0 Å². The summed E-state index contributed by atoms with van der Waals surface area (Å²) >= 11 is 0. The highest BCUT2D eigenvalue weighted by molar-refractivity contribution is 6.05. The van der Waals surface area contributed by atoms with Crippen molar-refractivity contribution < 1.29 is 23.9 Å². The van der Waals surface area contributed by atoms with Crippen LogP contribution in [0.4, 0.5) is 0 Å². The first kappa shape index (κ1) is 20.1. The van der Waals surface area contributed by atoms with Crippen molar-refractivity contribution in [3.05, 3.63) is 35.4 Å². The van der Waals surface area contributed by atoms with Crippen LogP contribution in [0.2, 0.25) is 0 Å². The van der Waals surface area contributed by atoms with Crippen LogP contribution in [-0.4, -0.2) is 30.4 Å². The number of Topliss-reactive ketones (excluding diaryl/α,β-unsaturated/α-hetero) is 1. The Labute approximate surface area is 155 Å². The zero-order valence-corrected chi connectivity index (χ0v) is 16.4. The second-order valence-electron chi connectivity index (χ2n) is 8.81. The van der Waals surface area contributed by atoms with Gasteiger partial charge in [0.15, 0.2) is 6.10 Å². The Bertz CT molecular complexity index is 706. The summed E-state index contributed by atoms with van der Waals surface area (Å²) in [7, 11) is 0. The second kappa shape index (κ2) is 7.22. The molecule has 1 aromatic rings. The molecule has 0 saturated carbocycles. The number of esters is 2. The van der Waals surface area contributed by atoms with E-state index in [4.69, 9.17) is 9.47 Å². The molecule has 0 heterocycles. The highest BCUT2D eigenvalue weighted by Gasteiger charge is 2.43. The third kappa shape index (κ3) is 4.32. The van der Waals surface area contributed by atoms with Gasteiger partial charge < -0.3 is 9.47 Å². The molecule has 2 atom stereocenters. The van der Waals surface area contributed by atoms with Gasteiger partial charge in [0.05, 0.1) is 17.4 Å². The molecule has 1 aliphatic carbocycles. The van der Waals surface area contributed by atoms with Crippen molar-refractivity contribution in [2.24, 2.45) is 10.8 Å². The quantitative estimate of drug-likeness (QED) is 0.762. The van der Waals surface area contributed by atoms with E-state index in [2.05, 4.69) is 0 Å². The summed E-state index contributed by atoms with van der Waals surface area (Å²) in [4.78, 5) is 37.0. The molecule has 0 saturated heterocycles. The van der Waals surface area contributed by atoms with Gasteiger partial charge in [-0.15, -0.1) is 0 Å². The Morgan fingerprint density at radius 3 is 2.12 bits per heavy atom. The van der Waals surface area contributed by atoms with Gasteiger partial charge in [-0.25, -0.2) is 0 Å². The van der Waals surface area contributed by atoms with Crippen LogP contribution in [0.25, 0.3) is 0 Å². The molecule has 0 aromatic heterocycles. The average molecular weight is 360 g/mol. The van der Waals surface area contributed by atoms with Gasteiger partial charge in [0, 0.05) is 11.5 Å². The number of benzene rings is 1. The molecule has 0 bridgehead atoms. The predicted molar refractivity (Wildman–Crippen MR) is 97.9 cm³/mol. The van der Waals surface area contributed by atoms with Gasteiger partial charge in [0.25, 0.3) is 0 Å². The van der Waals surface area contributed by atoms with Gasteiger partial charge in [-0.1, -0.05) is 24.3 Å². The van der Waals surface area contributed by atoms with Crippen molar-refractivity contribution in [3.8, 4) is 0 Å². The summed E-state index contributed by atoms with van der Waals surface area (Å²) in [5.74, 6) is -1.21. The van der Waals surface area contributed by atoms with Gasteiger partial charge in [-0.2, -0.15) is 0 Å². The van der Waals surface area contributed by atoms with Gasteiger partial charge in [0.1, 0.15) is 0 Å². The molecule has 142 valence electrons. The third-order valence-corrected chi connectivity index (χ3v) is 4.37. The molecule has 0 unspecified atom stereocenters. The monoisotopic (exact) mass is 360 g/mol. The Morgan fingerprint density at radius 1 is 0.962 bits per heavy atom. The molecule has 5 nitrogen and oxygen atoms in total. The fourth-order valence-corrected chi connectivity index (χ4v) is 2.77. The lowest BCUT2D eigenvalue weighted by atomic mass is 9.94. The van der Waals surface area contributed by atoms with Crippen LogP contribution in [0.3, 0.4) is 0 Å². The molecular weight excluding hydrogens is 332 g/mol. The molecule has 0 radical (unpaired) electrons. The molecule has 26 heavy (non-hydrogen) atoms. The molecule has 0 spiro atoms. The maximum absolute atomic E-state index is 12.7. The number of ether oxygens (including phenoxy) is 2. The van der Waals surface area contributed by atoms with E-state index in [1.54, 1.807) is 53.7 Å². The normalized spacial score (nSPS) is 19.8. The Balaban J connectivity index is 2.17. The largest absolute Gasteiger partial charge is 0.465 e. The number of hydrogen-bond donors (Lipinski definition) is 0. The topological polar surface area (TPSA) is 69.7 Å².